The van der Waals surface area contributed by atoms with Gasteiger partial charge in [0.1, 0.15) is 0 Å². The van der Waals surface area contributed by atoms with Gasteiger partial charge < -0.3 is 0 Å². The van der Waals surface area contributed by atoms with Gasteiger partial charge in [0.15, 0.2) is 17.5 Å². The molecule has 226 valence electrons. The highest BCUT2D eigenvalue weighted by atomic mass is 15.0. The molecular formula is C43H29N5. The Balaban J connectivity index is 1.14. The average molecular weight is 616 g/mol. The molecule has 0 aliphatic carbocycles. The molecule has 0 aliphatic rings. The predicted molar refractivity (Wildman–Crippen MR) is 193 cm³/mol. The van der Waals surface area contributed by atoms with Crippen LogP contribution in [-0.4, -0.2) is 24.9 Å². The Hall–Kier alpha value is -6.59. The number of hydrogen-bond acceptors (Lipinski definition) is 5. The fourth-order valence-electron chi connectivity index (χ4n) is 5.86. The van der Waals surface area contributed by atoms with Gasteiger partial charge in [0.05, 0.1) is 0 Å². The van der Waals surface area contributed by atoms with Crippen LogP contribution in [0.2, 0.25) is 0 Å². The summed E-state index contributed by atoms with van der Waals surface area (Å²) in [6.45, 7) is 0. The quantitative estimate of drug-likeness (QED) is 0.178. The summed E-state index contributed by atoms with van der Waals surface area (Å²) in [5, 5.41) is 0. The molecule has 5 nitrogen and oxygen atoms in total. The van der Waals surface area contributed by atoms with E-state index in [0.29, 0.717) is 17.5 Å². The lowest BCUT2D eigenvalue weighted by molar-refractivity contribution is 1.07. The fourth-order valence-corrected chi connectivity index (χ4v) is 5.86. The number of benzene rings is 5. The number of aromatic nitrogens is 5. The number of rotatable bonds is 7. The second kappa shape index (κ2) is 13.0. The maximum Gasteiger partial charge on any atom is 0.165 e. The second-order valence-corrected chi connectivity index (χ2v) is 11.5. The molecule has 0 atom stereocenters. The Morgan fingerprint density at radius 1 is 0.250 bits per heavy atom. The summed E-state index contributed by atoms with van der Waals surface area (Å²) < 4.78 is 0. The molecule has 0 saturated heterocycles. The summed E-state index contributed by atoms with van der Waals surface area (Å²) in [7, 11) is 0. The molecule has 0 unspecified atom stereocenters. The lowest BCUT2D eigenvalue weighted by Crippen LogP contribution is -2.00. The van der Waals surface area contributed by atoms with Crippen molar-refractivity contribution in [2.75, 3.05) is 0 Å². The third kappa shape index (κ3) is 6.13. The minimum Gasteiger partial charge on any atom is -0.265 e. The fraction of sp³-hybridized carbons (Fsp3) is 0. The molecule has 0 N–H and O–H groups in total. The van der Waals surface area contributed by atoms with Gasteiger partial charge in [-0.1, -0.05) is 103 Å². The van der Waals surface area contributed by atoms with Crippen LogP contribution in [0.15, 0.2) is 176 Å². The van der Waals surface area contributed by atoms with Crippen LogP contribution >= 0.6 is 0 Å². The van der Waals surface area contributed by atoms with Gasteiger partial charge in [0, 0.05) is 41.5 Å². The van der Waals surface area contributed by atoms with Crippen LogP contribution in [0, 0.1) is 0 Å². The first-order valence-electron chi connectivity index (χ1n) is 15.8. The van der Waals surface area contributed by atoms with Crippen LogP contribution < -0.4 is 0 Å². The van der Waals surface area contributed by atoms with Crippen molar-refractivity contribution in [2.24, 2.45) is 0 Å². The highest BCUT2D eigenvalue weighted by Gasteiger charge is 2.13. The maximum absolute atomic E-state index is 4.89. The van der Waals surface area contributed by atoms with Gasteiger partial charge in [-0.25, -0.2) is 15.0 Å². The van der Waals surface area contributed by atoms with E-state index in [4.69, 9.17) is 15.0 Å². The van der Waals surface area contributed by atoms with E-state index >= 15 is 0 Å². The van der Waals surface area contributed by atoms with Crippen LogP contribution in [0.4, 0.5) is 0 Å². The molecule has 8 aromatic rings. The third-order valence-electron chi connectivity index (χ3n) is 8.31. The first kappa shape index (κ1) is 28.9. The van der Waals surface area contributed by atoms with Crippen molar-refractivity contribution in [3.8, 4) is 78.7 Å². The van der Waals surface area contributed by atoms with Gasteiger partial charge in [0.2, 0.25) is 0 Å². The van der Waals surface area contributed by atoms with Crippen molar-refractivity contribution in [1.82, 2.24) is 24.9 Å². The standard InChI is InChI=1S/C43H29N5/c1-2-9-30(10-3-1)32-11-4-12-33(25-32)34-13-5-14-35(26-34)36-15-6-16-37(27-36)38-17-7-18-39(28-38)42-46-41(31-20-23-44-24-21-31)47-43(48-42)40-19-8-22-45-29-40/h1-29H. The van der Waals surface area contributed by atoms with Gasteiger partial charge >= 0.3 is 0 Å². The van der Waals surface area contributed by atoms with E-state index in [1.165, 1.54) is 22.3 Å². The molecule has 8 rings (SSSR count). The van der Waals surface area contributed by atoms with Crippen LogP contribution in [-0.2, 0) is 0 Å². The SMILES string of the molecule is c1ccc(-c2cccc(-c3cccc(-c4cccc(-c5cccc(-c6nc(-c7ccncc7)nc(-c7cccnc7)n6)c5)c4)c3)c2)cc1. The van der Waals surface area contributed by atoms with Gasteiger partial charge in [-0.3, -0.25) is 9.97 Å². The maximum atomic E-state index is 4.89. The molecule has 48 heavy (non-hydrogen) atoms. The van der Waals surface area contributed by atoms with Crippen molar-refractivity contribution in [3.05, 3.63) is 176 Å². The summed E-state index contributed by atoms with van der Waals surface area (Å²) >= 11 is 0. The molecule has 0 amide bonds. The molecule has 0 fully saturated rings. The molecule has 0 saturated carbocycles. The van der Waals surface area contributed by atoms with Crippen molar-refractivity contribution < 1.29 is 0 Å². The van der Waals surface area contributed by atoms with E-state index in [1.807, 2.05) is 36.4 Å². The van der Waals surface area contributed by atoms with E-state index in [9.17, 15) is 0 Å². The Labute approximate surface area is 279 Å². The van der Waals surface area contributed by atoms with E-state index in [0.717, 1.165) is 38.9 Å². The van der Waals surface area contributed by atoms with E-state index in [2.05, 4.69) is 125 Å². The van der Waals surface area contributed by atoms with Gasteiger partial charge in [-0.2, -0.15) is 0 Å². The molecule has 3 aromatic heterocycles. The highest BCUT2D eigenvalue weighted by Crippen LogP contribution is 2.33. The largest absolute Gasteiger partial charge is 0.265 e. The van der Waals surface area contributed by atoms with Gasteiger partial charge in [-0.15, -0.1) is 0 Å². The topological polar surface area (TPSA) is 64.5 Å². The number of pyridine rings is 2. The zero-order chi connectivity index (χ0) is 32.1. The minimum absolute atomic E-state index is 0.571. The Morgan fingerprint density at radius 2 is 0.646 bits per heavy atom. The van der Waals surface area contributed by atoms with Crippen molar-refractivity contribution in [1.29, 1.82) is 0 Å². The van der Waals surface area contributed by atoms with Crippen molar-refractivity contribution in [2.45, 2.75) is 0 Å². The number of nitrogens with zero attached hydrogens (tertiary/aromatic N) is 5. The molecule has 5 heteroatoms. The monoisotopic (exact) mass is 615 g/mol. The first-order valence-corrected chi connectivity index (χ1v) is 15.8. The molecule has 0 bridgehead atoms. The second-order valence-electron chi connectivity index (χ2n) is 11.5. The number of hydrogen-bond donors (Lipinski definition) is 0. The van der Waals surface area contributed by atoms with E-state index in [-0.39, 0.29) is 0 Å². The van der Waals surface area contributed by atoms with Crippen LogP contribution in [0.1, 0.15) is 0 Å². The molecule has 0 radical (unpaired) electrons. The predicted octanol–water partition coefficient (Wildman–Crippen LogP) is 10.3. The summed E-state index contributed by atoms with van der Waals surface area (Å²) in [6.07, 6.45) is 7.00. The first-order chi connectivity index (χ1) is 23.8. The molecular weight excluding hydrogens is 587 g/mol. The van der Waals surface area contributed by atoms with Crippen molar-refractivity contribution in [3.63, 3.8) is 0 Å². The van der Waals surface area contributed by atoms with E-state index < -0.39 is 0 Å². The Bertz CT molecular complexity index is 2280. The van der Waals surface area contributed by atoms with Crippen LogP contribution in [0.3, 0.4) is 0 Å². The van der Waals surface area contributed by atoms with Gasteiger partial charge in [0.25, 0.3) is 0 Å². The molecule has 0 spiro atoms. The van der Waals surface area contributed by atoms with Crippen LogP contribution in [0.25, 0.3) is 78.7 Å². The van der Waals surface area contributed by atoms with Crippen molar-refractivity contribution >= 4 is 0 Å². The van der Waals surface area contributed by atoms with Gasteiger partial charge in [-0.05, 0) is 93.0 Å². The summed E-state index contributed by atoms with van der Waals surface area (Å²) in [5.41, 5.74) is 11.9. The zero-order valence-electron chi connectivity index (χ0n) is 26.0. The molecule has 3 heterocycles. The Kier molecular flexibility index (Phi) is 7.83. The summed E-state index contributed by atoms with van der Waals surface area (Å²) in [5.74, 6) is 1.75. The summed E-state index contributed by atoms with van der Waals surface area (Å²) in [4.78, 5) is 23.0. The van der Waals surface area contributed by atoms with E-state index in [1.54, 1.807) is 24.8 Å². The Morgan fingerprint density at radius 3 is 1.15 bits per heavy atom. The van der Waals surface area contributed by atoms with Crippen LogP contribution in [0.5, 0.6) is 0 Å². The normalized spacial score (nSPS) is 10.9. The third-order valence-corrected chi connectivity index (χ3v) is 8.31. The lowest BCUT2D eigenvalue weighted by atomic mass is 9.94. The molecule has 5 aromatic carbocycles. The lowest BCUT2D eigenvalue weighted by Gasteiger charge is -2.11. The average Bonchev–Trinajstić information content (AvgIpc) is 3.19. The smallest absolute Gasteiger partial charge is 0.165 e. The molecule has 0 aliphatic heterocycles. The highest BCUT2D eigenvalue weighted by molar-refractivity contribution is 5.80. The minimum atomic E-state index is 0.571. The summed E-state index contributed by atoms with van der Waals surface area (Å²) in [6, 6.07) is 52.7. The zero-order valence-corrected chi connectivity index (χ0v) is 26.0.